The van der Waals surface area contributed by atoms with Crippen LogP contribution in [0.3, 0.4) is 0 Å². The predicted octanol–water partition coefficient (Wildman–Crippen LogP) is -2.00. The molecule has 11 atom stereocenters. The number of benzene rings is 2. The summed E-state index contributed by atoms with van der Waals surface area (Å²) in [5, 5.41) is 80.8. The van der Waals surface area contributed by atoms with Crippen LogP contribution in [0.25, 0.3) is 11.1 Å². The minimum Gasteiger partial charge on any atom is -0.394 e. The van der Waals surface area contributed by atoms with Gasteiger partial charge in [0.15, 0.2) is 0 Å². The quantitative estimate of drug-likeness (QED) is 0.164. The molecule has 13 heteroatoms. The summed E-state index contributed by atoms with van der Waals surface area (Å²) in [6.45, 7) is 1.54. The third-order valence-corrected chi connectivity index (χ3v) is 10.5. The van der Waals surface area contributed by atoms with Crippen LogP contribution in [0.4, 0.5) is 0 Å². The minimum atomic E-state index is -1.54. The lowest BCUT2D eigenvalue weighted by Crippen LogP contribution is -2.58. The summed E-state index contributed by atoms with van der Waals surface area (Å²) in [7, 11) is 1.50. The summed E-state index contributed by atoms with van der Waals surface area (Å²) in [6.07, 6.45) is -12.9. The summed E-state index contributed by atoms with van der Waals surface area (Å²) >= 11 is 0. The topological polar surface area (TPSA) is 210 Å². The van der Waals surface area contributed by atoms with E-state index in [4.69, 9.17) is 14.2 Å². The second kappa shape index (κ2) is 14.7. The number of carbonyl (C=O) groups is 1. The number of carbonyl (C=O) groups excluding carboxylic acids is 1. The average molecular weight is 694 g/mol. The summed E-state index contributed by atoms with van der Waals surface area (Å²) in [6, 6.07) is 11.5. The molecule has 3 heterocycles. The molecule has 1 spiro atoms. The Kier molecular flexibility index (Phi) is 10.7. The smallest absolute Gasteiger partial charge is 0.251 e. The molecule has 2 aromatic rings. The maximum absolute atomic E-state index is 13.0. The molecule has 1 aliphatic carbocycles. The van der Waals surface area contributed by atoms with Crippen LogP contribution in [0.5, 0.6) is 0 Å². The number of methoxy groups -OCH3 is 1. The van der Waals surface area contributed by atoms with Gasteiger partial charge < -0.3 is 60.0 Å². The van der Waals surface area contributed by atoms with Crippen molar-refractivity contribution in [3.05, 3.63) is 58.7 Å². The van der Waals surface area contributed by atoms with E-state index in [-0.39, 0.29) is 5.91 Å². The van der Waals surface area contributed by atoms with E-state index in [0.29, 0.717) is 37.1 Å². The van der Waals surface area contributed by atoms with E-state index in [1.165, 1.54) is 7.11 Å². The van der Waals surface area contributed by atoms with Crippen molar-refractivity contribution in [3.8, 4) is 34.8 Å². The van der Waals surface area contributed by atoms with Gasteiger partial charge in [-0.1, -0.05) is 35.8 Å². The molecule has 6 rings (SSSR count). The number of fused-ring (bicyclic) bond motifs is 5. The number of hydrogen-bond acceptors (Lipinski definition) is 12. The lowest BCUT2D eigenvalue weighted by atomic mass is 9.70. The van der Waals surface area contributed by atoms with Gasteiger partial charge in [-0.25, -0.2) is 0 Å². The van der Waals surface area contributed by atoms with Gasteiger partial charge in [-0.3, -0.25) is 4.79 Å². The highest BCUT2D eigenvalue weighted by molar-refractivity contribution is 5.84. The van der Waals surface area contributed by atoms with Crippen molar-refractivity contribution in [2.24, 2.45) is 0 Å². The molecule has 0 bridgehead atoms. The summed E-state index contributed by atoms with van der Waals surface area (Å²) in [5.74, 6) is 11.7. The molecular weight excluding hydrogens is 650 g/mol. The fourth-order valence-electron chi connectivity index (χ4n) is 7.41. The summed E-state index contributed by atoms with van der Waals surface area (Å²) in [4.78, 5) is 14.8. The first-order valence-corrected chi connectivity index (χ1v) is 16.7. The molecule has 0 saturated carbocycles. The monoisotopic (exact) mass is 693 g/mol. The fraction of sp³-hybridized carbons (Fsp3) is 0.541. The molecule has 1 amide bonds. The lowest BCUT2D eigenvalue weighted by molar-refractivity contribution is -0.214. The molecule has 268 valence electrons. The van der Waals surface area contributed by atoms with Crippen molar-refractivity contribution < 1.29 is 59.9 Å². The number of amides is 1. The minimum absolute atomic E-state index is 0.0981. The Morgan fingerprint density at radius 1 is 0.780 bits per heavy atom. The van der Waals surface area contributed by atoms with Crippen LogP contribution >= 0.6 is 0 Å². The highest BCUT2D eigenvalue weighted by Gasteiger charge is 2.47. The second-order valence-electron chi connectivity index (χ2n) is 13.3. The Morgan fingerprint density at radius 2 is 1.22 bits per heavy atom. The molecule has 0 aromatic heterocycles. The van der Waals surface area contributed by atoms with Crippen molar-refractivity contribution in [1.29, 1.82) is 0 Å². The zero-order valence-corrected chi connectivity index (χ0v) is 27.7. The van der Waals surface area contributed by atoms with Crippen LogP contribution in [-0.4, -0.2) is 152 Å². The van der Waals surface area contributed by atoms with Crippen molar-refractivity contribution in [2.45, 2.75) is 92.3 Å². The zero-order valence-electron chi connectivity index (χ0n) is 27.7. The average Bonchev–Trinajstić information content (AvgIpc) is 3.39. The van der Waals surface area contributed by atoms with Gasteiger partial charge in [-0.05, 0) is 66.3 Å². The van der Waals surface area contributed by atoms with Gasteiger partial charge in [-0.15, -0.1) is 0 Å². The van der Waals surface area contributed by atoms with Crippen molar-refractivity contribution in [2.75, 3.05) is 33.4 Å². The Labute approximate surface area is 289 Å². The van der Waals surface area contributed by atoms with E-state index in [1.807, 2.05) is 36.4 Å². The van der Waals surface area contributed by atoms with E-state index in [0.717, 1.165) is 22.3 Å². The van der Waals surface area contributed by atoms with Gasteiger partial charge in [-0.2, -0.15) is 0 Å². The summed E-state index contributed by atoms with van der Waals surface area (Å²) < 4.78 is 16.4. The van der Waals surface area contributed by atoms with E-state index in [9.17, 15) is 45.6 Å². The Morgan fingerprint density at radius 3 is 1.62 bits per heavy atom. The van der Waals surface area contributed by atoms with E-state index >= 15 is 0 Å². The first-order chi connectivity index (χ1) is 23.9. The highest BCUT2D eigenvalue weighted by Crippen LogP contribution is 2.54. The Balaban J connectivity index is 1.34. The third kappa shape index (κ3) is 6.45. The van der Waals surface area contributed by atoms with Crippen LogP contribution in [-0.2, 0) is 24.4 Å². The van der Waals surface area contributed by atoms with Gasteiger partial charge in [0.25, 0.3) is 5.91 Å². The Bertz CT molecular complexity index is 1590. The third-order valence-electron chi connectivity index (χ3n) is 10.5. The molecule has 3 aliphatic heterocycles. The van der Waals surface area contributed by atoms with Crippen LogP contribution in [0.15, 0.2) is 36.4 Å². The predicted molar refractivity (Wildman–Crippen MR) is 176 cm³/mol. The largest absolute Gasteiger partial charge is 0.394 e. The maximum Gasteiger partial charge on any atom is 0.251 e. The number of piperidine rings is 1. The number of aliphatic hydroxyl groups excluding tert-OH is 8. The normalized spacial score (nSPS) is 33.4. The molecule has 2 unspecified atom stereocenters. The lowest BCUT2D eigenvalue weighted by Gasteiger charge is -2.41. The van der Waals surface area contributed by atoms with Gasteiger partial charge >= 0.3 is 0 Å². The van der Waals surface area contributed by atoms with Crippen molar-refractivity contribution >= 4 is 5.91 Å². The maximum atomic E-state index is 13.0. The number of ether oxygens (including phenoxy) is 3. The molecule has 8 N–H and O–H groups in total. The summed E-state index contributed by atoms with van der Waals surface area (Å²) in [5.41, 5.74) is 4.66. The Hall–Kier alpha value is -3.41. The second-order valence-corrected chi connectivity index (χ2v) is 13.3. The molecule has 3 fully saturated rings. The first-order valence-electron chi connectivity index (χ1n) is 16.7. The van der Waals surface area contributed by atoms with E-state index in [1.54, 1.807) is 11.8 Å². The molecular formula is C37H43NO12. The van der Waals surface area contributed by atoms with Gasteiger partial charge in [0, 0.05) is 36.7 Å². The van der Waals surface area contributed by atoms with Gasteiger partial charge in [0.2, 0.25) is 0 Å². The number of rotatable bonds is 4. The number of aliphatic hydroxyl groups is 8. The van der Waals surface area contributed by atoms with Crippen LogP contribution in [0.2, 0.25) is 0 Å². The molecule has 4 aliphatic rings. The fourth-order valence-corrected chi connectivity index (χ4v) is 7.41. The van der Waals surface area contributed by atoms with Gasteiger partial charge in [0.05, 0.1) is 13.2 Å². The zero-order chi connectivity index (χ0) is 35.9. The molecule has 13 nitrogen and oxygen atoms in total. The molecule has 2 aromatic carbocycles. The number of nitrogens with zero attached hydrogens (tertiary/aromatic N) is 1. The van der Waals surface area contributed by atoms with Crippen LogP contribution < -0.4 is 0 Å². The van der Waals surface area contributed by atoms with Gasteiger partial charge in [0.1, 0.15) is 67.1 Å². The van der Waals surface area contributed by atoms with Crippen molar-refractivity contribution in [3.63, 3.8) is 0 Å². The SMILES string of the molecule is CO[C@H](C)C(=O)N1CCC2(CC1)c1cc(C#C[C@H]3O[C@H](CO)[C@@H](O)[C@H](O)C3O)ccc1-c1ccc(C#C[C@H]3O[C@H](CO)[C@@H](O)[C@H](O)C3O)cc12. The number of hydrogen-bond donors (Lipinski definition) is 8. The molecule has 50 heavy (non-hydrogen) atoms. The standard InChI is InChI=1S/C37H43NO12/c1-19(48-2)36(47)38-13-11-37(12-14-38)24-15-20(5-9-26-30(41)34(45)32(43)28(17-39)49-26)3-7-22(24)23-8-4-21(16-25(23)37)6-10-27-31(42)35(46)33(44)29(18-40)50-27/h3-4,7-8,15-16,19,26-35,39-46H,11-14,17-18H2,1-2H3/t19-,26-,27-,28-,29-,30?,31?,32-,33-,34-,35-/m1/s1. The van der Waals surface area contributed by atoms with E-state index in [2.05, 4.69) is 23.7 Å². The molecule has 0 radical (unpaired) electrons. The van der Waals surface area contributed by atoms with E-state index < -0.39 is 85.8 Å². The number of likely N-dealkylation sites (tertiary alicyclic amines) is 1. The highest BCUT2D eigenvalue weighted by atomic mass is 16.6. The van der Waals surface area contributed by atoms with Crippen LogP contribution in [0.1, 0.15) is 42.0 Å². The molecule has 3 saturated heterocycles. The van der Waals surface area contributed by atoms with Crippen LogP contribution in [0, 0.1) is 23.7 Å². The van der Waals surface area contributed by atoms with Crippen molar-refractivity contribution in [1.82, 2.24) is 4.90 Å². The first kappa shape index (κ1) is 36.4.